The van der Waals surface area contributed by atoms with Gasteiger partial charge in [-0.2, -0.15) is 0 Å². The predicted molar refractivity (Wildman–Crippen MR) is 54.4 cm³/mol. The Morgan fingerprint density at radius 2 is 2.31 bits per heavy atom. The Morgan fingerprint density at radius 1 is 1.50 bits per heavy atom. The normalized spacial score (nSPS) is 43.6. The minimum absolute atomic E-state index is 0.00516. The Hall–Kier alpha value is -1.06. The maximum atomic E-state index is 11.5. The van der Waals surface area contributed by atoms with E-state index in [1.54, 1.807) is 0 Å². The summed E-state index contributed by atoms with van der Waals surface area (Å²) in [5.74, 6) is 0.437. The Bertz CT molecular complexity index is 336. The van der Waals surface area contributed by atoms with E-state index in [9.17, 15) is 9.59 Å². The molecule has 2 aliphatic carbocycles. The summed E-state index contributed by atoms with van der Waals surface area (Å²) in [4.78, 5) is 23.0. The van der Waals surface area contributed by atoms with Crippen molar-refractivity contribution in [2.75, 3.05) is 0 Å². The Labute approximate surface area is 94.3 Å². The highest BCUT2D eigenvalue weighted by atomic mass is 16.6. The largest absolute Gasteiger partial charge is 0.458 e. The molecule has 4 aliphatic rings. The lowest BCUT2D eigenvalue weighted by Crippen LogP contribution is -2.51. The summed E-state index contributed by atoms with van der Waals surface area (Å²) < 4.78 is 10.8. The van der Waals surface area contributed by atoms with Gasteiger partial charge in [-0.25, -0.2) is 0 Å². The van der Waals surface area contributed by atoms with Gasteiger partial charge in [0.25, 0.3) is 0 Å². The van der Waals surface area contributed by atoms with Gasteiger partial charge in [0.05, 0.1) is 5.92 Å². The third-order valence-electron chi connectivity index (χ3n) is 4.14. The van der Waals surface area contributed by atoms with Gasteiger partial charge in [0, 0.05) is 18.3 Å². The molecule has 0 N–H and O–H groups in total. The first-order valence-electron chi connectivity index (χ1n) is 6.10. The highest BCUT2D eigenvalue weighted by molar-refractivity contribution is 5.76. The summed E-state index contributed by atoms with van der Waals surface area (Å²) in [5, 5.41) is 0. The molecule has 2 heterocycles. The van der Waals surface area contributed by atoms with Crippen LogP contribution in [0.3, 0.4) is 0 Å². The van der Waals surface area contributed by atoms with Crippen LogP contribution in [-0.2, 0) is 19.1 Å². The first kappa shape index (κ1) is 10.1. The first-order chi connectivity index (χ1) is 7.70. The van der Waals surface area contributed by atoms with Crippen LogP contribution in [0.15, 0.2) is 0 Å². The fourth-order valence-electron chi connectivity index (χ4n) is 3.48. The predicted octanol–water partition coefficient (Wildman–Crippen LogP) is 1.28. The van der Waals surface area contributed by atoms with Crippen LogP contribution in [-0.4, -0.2) is 24.1 Å². The average Bonchev–Trinajstić information content (AvgIpc) is 2.75. The standard InChI is InChI=1S/C12H16O4/c1-2-3-9(13)15-11-7-4-6-5-8(7)12(14)16-10(6)11/h6-8,10-11H,2-5H2,1H3. The molecule has 4 rings (SSSR count). The van der Waals surface area contributed by atoms with Gasteiger partial charge in [-0.15, -0.1) is 0 Å². The fourth-order valence-corrected chi connectivity index (χ4v) is 3.48. The zero-order valence-corrected chi connectivity index (χ0v) is 9.35. The maximum Gasteiger partial charge on any atom is 0.309 e. The van der Waals surface area contributed by atoms with Gasteiger partial charge in [-0.05, 0) is 19.3 Å². The van der Waals surface area contributed by atoms with E-state index in [1.165, 1.54) is 0 Å². The van der Waals surface area contributed by atoms with Gasteiger partial charge in [-0.3, -0.25) is 9.59 Å². The molecule has 0 amide bonds. The molecular formula is C12H16O4. The van der Waals surface area contributed by atoms with E-state index in [0.29, 0.717) is 12.3 Å². The molecule has 0 radical (unpaired) electrons. The molecule has 4 bridgehead atoms. The van der Waals surface area contributed by atoms with Crippen molar-refractivity contribution in [3.8, 4) is 0 Å². The van der Waals surface area contributed by atoms with Gasteiger partial charge in [0.1, 0.15) is 12.2 Å². The van der Waals surface area contributed by atoms with E-state index in [4.69, 9.17) is 9.47 Å². The van der Waals surface area contributed by atoms with Crippen LogP contribution in [0.25, 0.3) is 0 Å². The second-order valence-corrected chi connectivity index (χ2v) is 5.11. The molecule has 2 aliphatic heterocycles. The summed E-state index contributed by atoms with van der Waals surface area (Å²) in [6, 6.07) is 0. The monoisotopic (exact) mass is 224 g/mol. The highest BCUT2D eigenvalue weighted by Crippen LogP contribution is 2.55. The molecule has 88 valence electrons. The van der Waals surface area contributed by atoms with Crippen molar-refractivity contribution >= 4 is 11.9 Å². The minimum atomic E-state index is -0.152. The van der Waals surface area contributed by atoms with Crippen molar-refractivity contribution in [2.24, 2.45) is 17.8 Å². The Balaban J connectivity index is 1.71. The number of carbonyl (C=O) groups is 2. The number of hydrogen-bond donors (Lipinski definition) is 0. The van der Waals surface area contributed by atoms with E-state index in [0.717, 1.165) is 19.3 Å². The van der Waals surface area contributed by atoms with Crippen molar-refractivity contribution in [3.63, 3.8) is 0 Å². The van der Waals surface area contributed by atoms with Crippen molar-refractivity contribution in [1.29, 1.82) is 0 Å². The van der Waals surface area contributed by atoms with E-state index in [-0.39, 0.29) is 36.0 Å². The Kier molecular flexibility index (Phi) is 2.19. The van der Waals surface area contributed by atoms with Crippen molar-refractivity contribution in [1.82, 2.24) is 0 Å². The third kappa shape index (κ3) is 1.28. The molecule has 0 aromatic rings. The second kappa shape index (κ2) is 3.47. The number of hydrogen-bond acceptors (Lipinski definition) is 4. The highest BCUT2D eigenvalue weighted by Gasteiger charge is 2.63. The van der Waals surface area contributed by atoms with Crippen LogP contribution in [0.5, 0.6) is 0 Å². The summed E-state index contributed by atoms with van der Waals surface area (Å²) >= 11 is 0. The molecule has 0 aromatic heterocycles. The number of fused-ring (bicyclic) bond motifs is 1. The topological polar surface area (TPSA) is 52.6 Å². The lowest BCUT2D eigenvalue weighted by Gasteiger charge is -2.39. The first-order valence-corrected chi connectivity index (χ1v) is 6.10. The smallest absolute Gasteiger partial charge is 0.309 e. The SMILES string of the molecule is CCCC(=O)OC1C2CC3CC2C(=O)OC31. The number of esters is 2. The fraction of sp³-hybridized carbons (Fsp3) is 0.833. The van der Waals surface area contributed by atoms with E-state index < -0.39 is 0 Å². The van der Waals surface area contributed by atoms with E-state index in [1.807, 2.05) is 6.92 Å². The molecule has 4 fully saturated rings. The molecular weight excluding hydrogens is 208 g/mol. The van der Waals surface area contributed by atoms with Crippen LogP contribution in [0.1, 0.15) is 32.6 Å². The summed E-state index contributed by atoms with van der Waals surface area (Å²) in [6.45, 7) is 1.95. The van der Waals surface area contributed by atoms with Gasteiger partial charge in [0.2, 0.25) is 0 Å². The van der Waals surface area contributed by atoms with Crippen molar-refractivity contribution in [2.45, 2.75) is 44.8 Å². The van der Waals surface area contributed by atoms with Crippen molar-refractivity contribution < 1.29 is 19.1 Å². The molecule has 4 heteroatoms. The van der Waals surface area contributed by atoms with Crippen molar-refractivity contribution in [3.05, 3.63) is 0 Å². The molecule has 4 nitrogen and oxygen atoms in total. The van der Waals surface area contributed by atoms with Gasteiger partial charge >= 0.3 is 11.9 Å². The van der Waals surface area contributed by atoms with Crippen LogP contribution < -0.4 is 0 Å². The van der Waals surface area contributed by atoms with E-state index >= 15 is 0 Å². The summed E-state index contributed by atoms with van der Waals surface area (Å²) in [5.41, 5.74) is 0. The molecule has 2 saturated heterocycles. The molecule has 16 heavy (non-hydrogen) atoms. The van der Waals surface area contributed by atoms with Gasteiger partial charge in [0.15, 0.2) is 0 Å². The van der Waals surface area contributed by atoms with Crippen LogP contribution in [0.2, 0.25) is 0 Å². The number of ether oxygens (including phenoxy) is 2. The summed E-state index contributed by atoms with van der Waals surface area (Å²) in [6.07, 6.45) is 2.89. The Morgan fingerprint density at radius 3 is 3.00 bits per heavy atom. The number of carbonyl (C=O) groups excluding carboxylic acids is 2. The van der Waals surface area contributed by atoms with Crippen LogP contribution in [0.4, 0.5) is 0 Å². The van der Waals surface area contributed by atoms with Gasteiger partial charge in [-0.1, -0.05) is 6.92 Å². The molecule has 2 saturated carbocycles. The minimum Gasteiger partial charge on any atom is -0.458 e. The molecule has 0 aromatic carbocycles. The third-order valence-corrected chi connectivity index (χ3v) is 4.14. The zero-order chi connectivity index (χ0) is 11.3. The number of rotatable bonds is 3. The molecule has 5 atom stereocenters. The van der Waals surface area contributed by atoms with E-state index in [2.05, 4.69) is 0 Å². The second-order valence-electron chi connectivity index (χ2n) is 5.11. The molecule has 0 spiro atoms. The van der Waals surface area contributed by atoms with Crippen LogP contribution in [0, 0.1) is 17.8 Å². The quantitative estimate of drug-likeness (QED) is 0.678. The average molecular weight is 224 g/mol. The summed E-state index contributed by atoms with van der Waals surface area (Å²) in [7, 11) is 0. The van der Waals surface area contributed by atoms with Gasteiger partial charge < -0.3 is 9.47 Å². The molecule has 5 unspecified atom stereocenters. The zero-order valence-electron chi connectivity index (χ0n) is 9.35. The van der Waals surface area contributed by atoms with Crippen LogP contribution >= 0.6 is 0 Å². The lowest BCUT2D eigenvalue weighted by atomic mass is 9.82. The maximum absolute atomic E-state index is 11.5. The lowest BCUT2D eigenvalue weighted by molar-refractivity contribution is -0.196.